The Morgan fingerprint density at radius 3 is 2.75 bits per heavy atom. The van der Waals surface area contributed by atoms with Gasteiger partial charge in [0.1, 0.15) is 0 Å². The van der Waals surface area contributed by atoms with Crippen LogP contribution >= 0.6 is 11.3 Å². The van der Waals surface area contributed by atoms with Crippen LogP contribution in [0.2, 0.25) is 0 Å². The molecule has 0 saturated carbocycles. The summed E-state index contributed by atoms with van der Waals surface area (Å²) in [7, 11) is 0. The lowest BCUT2D eigenvalue weighted by atomic mass is 10.0. The summed E-state index contributed by atoms with van der Waals surface area (Å²) in [5.74, 6) is 0.534. The number of hydrogen-bond donors (Lipinski definition) is 0. The van der Waals surface area contributed by atoms with Crippen LogP contribution in [0.15, 0.2) is 0 Å². The van der Waals surface area contributed by atoms with Gasteiger partial charge < -0.3 is 0 Å². The van der Waals surface area contributed by atoms with Crippen molar-refractivity contribution in [3.8, 4) is 0 Å². The molecule has 0 unspecified atom stereocenters. The molecule has 0 saturated heterocycles. The van der Waals surface area contributed by atoms with Gasteiger partial charge in [0.15, 0.2) is 4.96 Å². The highest BCUT2D eigenvalue weighted by Gasteiger charge is 2.21. The standard InChI is InChI=1S/C13H18N2S/c1-8(2)12-9(3)15-10-6-4-5-7-11(10)16-13(15)14-12/h8H,4-7H2,1-3H3. The molecule has 0 atom stereocenters. The molecule has 3 rings (SSSR count). The molecule has 2 nitrogen and oxygen atoms in total. The van der Waals surface area contributed by atoms with Gasteiger partial charge in [-0.05, 0) is 38.5 Å². The maximum absolute atomic E-state index is 4.80. The van der Waals surface area contributed by atoms with E-state index in [1.807, 2.05) is 11.3 Å². The zero-order valence-corrected chi connectivity index (χ0v) is 11.0. The number of imidazole rings is 1. The van der Waals surface area contributed by atoms with Gasteiger partial charge in [0.05, 0.1) is 5.69 Å². The van der Waals surface area contributed by atoms with Crippen LogP contribution in [0, 0.1) is 6.92 Å². The molecule has 0 aromatic carbocycles. The third-order valence-electron chi connectivity index (χ3n) is 3.53. The second kappa shape index (κ2) is 3.59. The van der Waals surface area contributed by atoms with Gasteiger partial charge in [-0.3, -0.25) is 4.40 Å². The predicted octanol–water partition coefficient (Wildman–Crippen LogP) is 3.71. The normalized spacial score (nSPS) is 16.0. The minimum absolute atomic E-state index is 0.534. The molecular weight excluding hydrogens is 216 g/mol. The molecule has 0 aliphatic heterocycles. The van der Waals surface area contributed by atoms with Crippen LogP contribution in [0.1, 0.15) is 54.6 Å². The molecule has 0 radical (unpaired) electrons. The summed E-state index contributed by atoms with van der Waals surface area (Å²) in [6.45, 7) is 6.68. The summed E-state index contributed by atoms with van der Waals surface area (Å²) in [4.78, 5) is 7.59. The summed E-state index contributed by atoms with van der Waals surface area (Å²) >= 11 is 1.90. The van der Waals surface area contributed by atoms with Crippen molar-refractivity contribution in [3.05, 3.63) is 22.0 Å². The summed E-state index contributed by atoms with van der Waals surface area (Å²) < 4.78 is 2.41. The van der Waals surface area contributed by atoms with E-state index < -0.39 is 0 Å². The fourth-order valence-electron chi connectivity index (χ4n) is 2.74. The topological polar surface area (TPSA) is 17.3 Å². The first-order chi connectivity index (χ1) is 7.68. The van der Waals surface area contributed by atoms with Crippen molar-refractivity contribution < 1.29 is 0 Å². The minimum Gasteiger partial charge on any atom is -0.291 e. The summed E-state index contributed by atoms with van der Waals surface area (Å²) in [6, 6.07) is 0. The van der Waals surface area contributed by atoms with Gasteiger partial charge >= 0.3 is 0 Å². The quantitative estimate of drug-likeness (QED) is 0.735. The molecule has 1 aliphatic rings. The fourth-order valence-corrected chi connectivity index (χ4v) is 4.00. The van der Waals surface area contributed by atoms with Crippen molar-refractivity contribution in [1.29, 1.82) is 0 Å². The SMILES string of the molecule is Cc1c(C(C)C)nc2sc3c(n12)CCCC3. The largest absolute Gasteiger partial charge is 0.291 e. The number of rotatable bonds is 1. The lowest BCUT2D eigenvalue weighted by Gasteiger charge is -2.11. The van der Waals surface area contributed by atoms with E-state index in [1.165, 1.54) is 42.0 Å². The van der Waals surface area contributed by atoms with E-state index in [-0.39, 0.29) is 0 Å². The molecule has 1 aliphatic carbocycles. The molecule has 0 bridgehead atoms. The van der Waals surface area contributed by atoms with Gasteiger partial charge in [-0.15, -0.1) is 11.3 Å². The monoisotopic (exact) mass is 234 g/mol. The average Bonchev–Trinajstić information content (AvgIpc) is 2.75. The third kappa shape index (κ3) is 1.34. The molecule has 2 aromatic heterocycles. The first-order valence-corrected chi connectivity index (χ1v) is 6.99. The van der Waals surface area contributed by atoms with Gasteiger partial charge in [0, 0.05) is 16.3 Å². The second-order valence-corrected chi connectivity index (χ2v) is 6.10. The van der Waals surface area contributed by atoms with Crippen LogP contribution in [0.4, 0.5) is 0 Å². The van der Waals surface area contributed by atoms with E-state index in [9.17, 15) is 0 Å². The molecule has 3 heteroatoms. The fraction of sp³-hybridized carbons (Fsp3) is 0.615. The van der Waals surface area contributed by atoms with Crippen LogP contribution in [-0.2, 0) is 12.8 Å². The Labute approximate surface area is 100 Å². The Morgan fingerprint density at radius 2 is 2.00 bits per heavy atom. The van der Waals surface area contributed by atoms with Gasteiger partial charge in [-0.2, -0.15) is 0 Å². The summed E-state index contributed by atoms with van der Waals surface area (Å²) in [5.41, 5.74) is 4.19. The van der Waals surface area contributed by atoms with Crippen molar-refractivity contribution in [2.45, 2.75) is 52.4 Å². The van der Waals surface area contributed by atoms with Gasteiger partial charge in [-0.25, -0.2) is 4.98 Å². The maximum Gasteiger partial charge on any atom is 0.194 e. The highest BCUT2D eigenvalue weighted by atomic mass is 32.1. The molecule has 2 aromatic rings. The number of aromatic nitrogens is 2. The van der Waals surface area contributed by atoms with Crippen LogP contribution in [-0.4, -0.2) is 9.38 Å². The van der Waals surface area contributed by atoms with Crippen LogP contribution in [0.25, 0.3) is 4.96 Å². The molecule has 16 heavy (non-hydrogen) atoms. The first kappa shape index (κ1) is 10.3. The highest BCUT2D eigenvalue weighted by Crippen LogP contribution is 2.33. The zero-order chi connectivity index (χ0) is 11.3. The second-order valence-electron chi connectivity index (χ2n) is 5.03. The Bertz CT molecular complexity index is 534. The Morgan fingerprint density at radius 1 is 1.25 bits per heavy atom. The number of thiazole rings is 1. The molecule has 0 fully saturated rings. The van der Waals surface area contributed by atoms with Crippen LogP contribution in [0.5, 0.6) is 0 Å². The van der Waals surface area contributed by atoms with Crippen LogP contribution < -0.4 is 0 Å². The van der Waals surface area contributed by atoms with E-state index in [0.29, 0.717) is 5.92 Å². The highest BCUT2D eigenvalue weighted by molar-refractivity contribution is 7.17. The Hall–Kier alpha value is -0.830. The lowest BCUT2D eigenvalue weighted by molar-refractivity contribution is 0.671. The lowest BCUT2D eigenvalue weighted by Crippen LogP contribution is -2.04. The van der Waals surface area contributed by atoms with Crippen molar-refractivity contribution in [2.24, 2.45) is 0 Å². The molecule has 0 amide bonds. The number of fused-ring (bicyclic) bond motifs is 3. The Balaban J connectivity index is 2.26. The number of aryl methyl sites for hydroxylation is 3. The maximum atomic E-state index is 4.80. The Kier molecular flexibility index (Phi) is 2.32. The first-order valence-electron chi connectivity index (χ1n) is 6.18. The van der Waals surface area contributed by atoms with Crippen molar-refractivity contribution in [3.63, 3.8) is 0 Å². The van der Waals surface area contributed by atoms with E-state index in [2.05, 4.69) is 25.2 Å². The predicted molar refractivity (Wildman–Crippen MR) is 68.5 cm³/mol. The van der Waals surface area contributed by atoms with Crippen molar-refractivity contribution in [2.75, 3.05) is 0 Å². The molecular formula is C13H18N2S. The molecule has 86 valence electrons. The average molecular weight is 234 g/mol. The van der Waals surface area contributed by atoms with E-state index in [4.69, 9.17) is 4.98 Å². The number of nitrogens with zero attached hydrogens (tertiary/aromatic N) is 2. The van der Waals surface area contributed by atoms with E-state index in [0.717, 1.165) is 0 Å². The molecule has 2 heterocycles. The van der Waals surface area contributed by atoms with Gasteiger partial charge in [0.25, 0.3) is 0 Å². The van der Waals surface area contributed by atoms with Gasteiger partial charge in [0.2, 0.25) is 0 Å². The number of hydrogen-bond acceptors (Lipinski definition) is 2. The van der Waals surface area contributed by atoms with E-state index >= 15 is 0 Å². The zero-order valence-electron chi connectivity index (χ0n) is 10.2. The third-order valence-corrected chi connectivity index (χ3v) is 4.68. The van der Waals surface area contributed by atoms with Crippen molar-refractivity contribution in [1.82, 2.24) is 9.38 Å². The minimum atomic E-state index is 0.534. The summed E-state index contributed by atoms with van der Waals surface area (Å²) in [5, 5.41) is 0. The van der Waals surface area contributed by atoms with Crippen molar-refractivity contribution >= 4 is 16.3 Å². The van der Waals surface area contributed by atoms with E-state index in [1.54, 1.807) is 10.6 Å². The molecule has 0 N–H and O–H groups in total. The van der Waals surface area contributed by atoms with Gasteiger partial charge in [-0.1, -0.05) is 13.8 Å². The smallest absolute Gasteiger partial charge is 0.194 e. The van der Waals surface area contributed by atoms with Crippen LogP contribution in [0.3, 0.4) is 0 Å². The molecule has 0 spiro atoms. The summed E-state index contributed by atoms with van der Waals surface area (Å²) in [6.07, 6.45) is 5.20.